The second-order valence-corrected chi connectivity index (χ2v) is 4.48. The van der Waals surface area contributed by atoms with Crippen molar-refractivity contribution in [3.8, 4) is 17.2 Å². The number of nitrogens with two attached hydrogens (primary N) is 1. The molecule has 3 N–H and O–H groups in total. The first kappa shape index (κ1) is 15.5. The molecule has 116 valence electrons. The molecule has 0 aliphatic heterocycles. The van der Waals surface area contributed by atoms with Gasteiger partial charge in [-0.3, -0.25) is 4.79 Å². The number of nitrogen functional groups attached to an aromatic ring is 1. The minimum Gasteiger partial charge on any atom is -0.497 e. The molecule has 0 fully saturated rings. The average molecular weight is 302 g/mol. The first-order chi connectivity index (χ1) is 10.6. The summed E-state index contributed by atoms with van der Waals surface area (Å²) in [6.07, 6.45) is 0. The Morgan fingerprint density at radius 3 is 2.14 bits per heavy atom. The van der Waals surface area contributed by atoms with Gasteiger partial charge >= 0.3 is 0 Å². The predicted molar refractivity (Wildman–Crippen MR) is 84.9 cm³/mol. The van der Waals surface area contributed by atoms with Crippen molar-refractivity contribution in [3.63, 3.8) is 0 Å². The number of methoxy groups -OCH3 is 3. The molecule has 0 aromatic heterocycles. The smallest absolute Gasteiger partial charge is 0.261 e. The van der Waals surface area contributed by atoms with Crippen LogP contribution in [0.3, 0.4) is 0 Å². The van der Waals surface area contributed by atoms with Crippen molar-refractivity contribution in [2.45, 2.75) is 0 Å². The molecule has 2 rings (SSSR count). The van der Waals surface area contributed by atoms with Crippen LogP contribution in [0.25, 0.3) is 0 Å². The molecule has 1 amide bonds. The topological polar surface area (TPSA) is 82.8 Å². The van der Waals surface area contributed by atoms with Crippen LogP contribution >= 0.6 is 0 Å². The Labute approximate surface area is 128 Å². The van der Waals surface area contributed by atoms with E-state index in [1.54, 1.807) is 43.5 Å². The highest BCUT2D eigenvalue weighted by molar-refractivity contribution is 6.10. The number of carbonyl (C=O) groups is 1. The number of hydrogen-bond acceptors (Lipinski definition) is 5. The summed E-state index contributed by atoms with van der Waals surface area (Å²) < 4.78 is 15.4. The molecule has 0 bridgehead atoms. The van der Waals surface area contributed by atoms with Crippen molar-refractivity contribution in [2.24, 2.45) is 0 Å². The zero-order valence-electron chi connectivity index (χ0n) is 12.7. The Balaban J connectivity index is 2.28. The van der Waals surface area contributed by atoms with E-state index in [9.17, 15) is 4.79 Å². The number of anilines is 2. The molecule has 0 aliphatic rings. The van der Waals surface area contributed by atoms with E-state index in [-0.39, 0.29) is 17.2 Å². The van der Waals surface area contributed by atoms with Crippen LogP contribution in [0.15, 0.2) is 36.4 Å². The van der Waals surface area contributed by atoms with Crippen LogP contribution in [0, 0.1) is 0 Å². The first-order valence-corrected chi connectivity index (χ1v) is 6.56. The fraction of sp³-hybridized carbons (Fsp3) is 0.188. The molecular formula is C16H18N2O4. The van der Waals surface area contributed by atoms with E-state index in [1.807, 2.05) is 0 Å². The molecule has 0 spiro atoms. The van der Waals surface area contributed by atoms with E-state index in [0.29, 0.717) is 22.9 Å². The molecule has 0 heterocycles. The lowest BCUT2D eigenvalue weighted by Crippen LogP contribution is -2.15. The highest BCUT2D eigenvalue weighted by Crippen LogP contribution is 2.31. The molecule has 0 saturated carbocycles. The van der Waals surface area contributed by atoms with Gasteiger partial charge in [0, 0.05) is 17.8 Å². The lowest BCUT2D eigenvalue weighted by Gasteiger charge is -2.13. The summed E-state index contributed by atoms with van der Waals surface area (Å²) in [7, 11) is 4.57. The minimum atomic E-state index is -0.359. The monoisotopic (exact) mass is 302 g/mol. The summed E-state index contributed by atoms with van der Waals surface area (Å²) in [5.74, 6) is 1.22. The van der Waals surface area contributed by atoms with E-state index in [2.05, 4.69) is 5.32 Å². The van der Waals surface area contributed by atoms with Gasteiger partial charge in [0.2, 0.25) is 0 Å². The first-order valence-electron chi connectivity index (χ1n) is 6.56. The molecule has 0 radical (unpaired) electrons. The van der Waals surface area contributed by atoms with Crippen LogP contribution in [0.4, 0.5) is 11.4 Å². The van der Waals surface area contributed by atoms with Crippen LogP contribution in [-0.2, 0) is 0 Å². The van der Waals surface area contributed by atoms with Gasteiger partial charge in [0.25, 0.3) is 5.91 Å². The van der Waals surface area contributed by atoms with Crippen molar-refractivity contribution in [2.75, 3.05) is 32.4 Å². The quantitative estimate of drug-likeness (QED) is 0.829. The second kappa shape index (κ2) is 6.71. The summed E-state index contributed by atoms with van der Waals surface area (Å²) in [6, 6.07) is 10.2. The van der Waals surface area contributed by atoms with Crippen LogP contribution in [-0.4, -0.2) is 27.2 Å². The lowest BCUT2D eigenvalue weighted by molar-refractivity contribution is 0.102. The molecule has 0 aliphatic carbocycles. The van der Waals surface area contributed by atoms with Gasteiger partial charge in [-0.25, -0.2) is 0 Å². The summed E-state index contributed by atoms with van der Waals surface area (Å²) in [5, 5.41) is 2.77. The van der Waals surface area contributed by atoms with E-state index in [0.717, 1.165) is 0 Å². The largest absolute Gasteiger partial charge is 0.497 e. The number of nitrogens with one attached hydrogen (secondary N) is 1. The van der Waals surface area contributed by atoms with E-state index >= 15 is 0 Å². The zero-order valence-corrected chi connectivity index (χ0v) is 12.7. The van der Waals surface area contributed by atoms with Crippen molar-refractivity contribution in [1.82, 2.24) is 0 Å². The van der Waals surface area contributed by atoms with E-state index in [1.165, 1.54) is 14.2 Å². The molecular weight excluding hydrogens is 284 g/mol. The number of rotatable bonds is 5. The standard InChI is InChI=1S/C16H18N2O4/c1-20-11-6-4-10(5-7-11)18-16(19)15-13(17)8-12(21-2)9-14(15)22-3/h4-9H,17H2,1-3H3,(H,18,19). The van der Waals surface area contributed by atoms with Crippen LogP contribution in [0.1, 0.15) is 10.4 Å². The Morgan fingerprint density at radius 2 is 1.59 bits per heavy atom. The third-order valence-electron chi connectivity index (χ3n) is 3.14. The van der Waals surface area contributed by atoms with Crippen molar-refractivity contribution in [1.29, 1.82) is 0 Å². The lowest BCUT2D eigenvalue weighted by atomic mass is 10.1. The highest BCUT2D eigenvalue weighted by Gasteiger charge is 2.18. The van der Waals surface area contributed by atoms with Gasteiger partial charge in [0.1, 0.15) is 22.8 Å². The van der Waals surface area contributed by atoms with Crippen molar-refractivity contribution < 1.29 is 19.0 Å². The predicted octanol–water partition coefficient (Wildman–Crippen LogP) is 2.55. The van der Waals surface area contributed by atoms with Crippen molar-refractivity contribution >= 4 is 17.3 Å². The molecule has 0 atom stereocenters. The summed E-state index contributed by atoms with van der Waals surface area (Å²) >= 11 is 0. The van der Waals surface area contributed by atoms with Gasteiger partial charge in [0.05, 0.1) is 27.0 Å². The number of carbonyl (C=O) groups excluding carboxylic acids is 1. The van der Waals surface area contributed by atoms with Gasteiger partial charge in [-0.2, -0.15) is 0 Å². The summed E-state index contributed by atoms with van der Waals surface area (Å²) in [5.41, 5.74) is 7.10. The Kier molecular flexibility index (Phi) is 4.73. The number of benzene rings is 2. The maximum Gasteiger partial charge on any atom is 0.261 e. The second-order valence-electron chi connectivity index (χ2n) is 4.48. The van der Waals surface area contributed by atoms with Crippen LogP contribution < -0.4 is 25.3 Å². The van der Waals surface area contributed by atoms with Gasteiger partial charge in [0.15, 0.2) is 0 Å². The molecule has 2 aromatic carbocycles. The Bertz CT molecular complexity index is 669. The molecule has 22 heavy (non-hydrogen) atoms. The van der Waals surface area contributed by atoms with E-state index in [4.69, 9.17) is 19.9 Å². The van der Waals surface area contributed by atoms with Crippen LogP contribution in [0.5, 0.6) is 17.2 Å². The van der Waals surface area contributed by atoms with Gasteiger partial charge in [-0.05, 0) is 24.3 Å². The number of ether oxygens (including phenoxy) is 3. The fourth-order valence-electron chi connectivity index (χ4n) is 2.00. The molecule has 0 unspecified atom stereocenters. The maximum atomic E-state index is 12.4. The third-order valence-corrected chi connectivity index (χ3v) is 3.14. The van der Waals surface area contributed by atoms with E-state index < -0.39 is 0 Å². The zero-order chi connectivity index (χ0) is 16.1. The van der Waals surface area contributed by atoms with Gasteiger partial charge in [-0.1, -0.05) is 0 Å². The fourth-order valence-corrected chi connectivity index (χ4v) is 2.00. The normalized spacial score (nSPS) is 9.95. The van der Waals surface area contributed by atoms with Crippen LogP contribution in [0.2, 0.25) is 0 Å². The average Bonchev–Trinajstić information content (AvgIpc) is 2.54. The van der Waals surface area contributed by atoms with Gasteiger partial charge < -0.3 is 25.3 Å². The molecule has 0 saturated heterocycles. The van der Waals surface area contributed by atoms with Crippen molar-refractivity contribution in [3.05, 3.63) is 42.0 Å². The molecule has 6 nitrogen and oxygen atoms in total. The number of hydrogen-bond donors (Lipinski definition) is 2. The Hall–Kier alpha value is -2.89. The summed E-state index contributed by atoms with van der Waals surface area (Å²) in [4.78, 5) is 12.4. The Morgan fingerprint density at radius 1 is 0.955 bits per heavy atom. The minimum absolute atomic E-state index is 0.263. The maximum absolute atomic E-state index is 12.4. The molecule has 6 heteroatoms. The highest BCUT2D eigenvalue weighted by atomic mass is 16.5. The summed E-state index contributed by atoms with van der Waals surface area (Å²) in [6.45, 7) is 0. The number of amides is 1. The SMILES string of the molecule is COc1ccc(NC(=O)c2c(N)cc(OC)cc2OC)cc1. The third kappa shape index (κ3) is 3.22. The molecule has 2 aromatic rings. The van der Waals surface area contributed by atoms with Gasteiger partial charge in [-0.15, -0.1) is 0 Å².